The Balaban J connectivity index is 2.20. The molecule has 0 atom stereocenters. The molecule has 0 aromatic heterocycles. The first kappa shape index (κ1) is 15.2. The maximum absolute atomic E-state index is 12.3. The van der Waals surface area contributed by atoms with E-state index in [2.05, 4.69) is 4.72 Å². The second-order valence-electron chi connectivity index (χ2n) is 4.24. The monoisotopic (exact) mass is 307 g/mol. The maximum Gasteiger partial charge on any atom is 0.262 e. The molecule has 0 radical (unpaired) electrons. The van der Waals surface area contributed by atoms with Crippen LogP contribution in [0.4, 0.5) is 5.69 Å². The summed E-state index contributed by atoms with van der Waals surface area (Å²) < 4.78 is 37.4. The summed E-state index contributed by atoms with van der Waals surface area (Å²) in [4.78, 5) is 0.149. The van der Waals surface area contributed by atoms with Gasteiger partial charge < -0.3 is 9.47 Å². The van der Waals surface area contributed by atoms with E-state index in [1.807, 2.05) is 6.92 Å². The van der Waals surface area contributed by atoms with E-state index in [0.29, 0.717) is 23.8 Å². The quantitative estimate of drug-likeness (QED) is 0.891. The van der Waals surface area contributed by atoms with Gasteiger partial charge in [0.25, 0.3) is 10.0 Å². The first-order valence-corrected chi connectivity index (χ1v) is 7.93. The van der Waals surface area contributed by atoms with Crippen LogP contribution in [0.3, 0.4) is 0 Å². The lowest BCUT2D eigenvalue weighted by molar-refractivity contribution is 0.340. The maximum atomic E-state index is 12.3. The van der Waals surface area contributed by atoms with Gasteiger partial charge in [0.1, 0.15) is 11.5 Å². The van der Waals surface area contributed by atoms with E-state index in [9.17, 15) is 8.42 Å². The van der Waals surface area contributed by atoms with Crippen LogP contribution in [0, 0.1) is 0 Å². The Hall–Kier alpha value is -2.21. The molecule has 0 amide bonds. The van der Waals surface area contributed by atoms with Crippen LogP contribution >= 0.6 is 0 Å². The molecule has 0 aliphatic heterocycles. The highest BCUT2D eigenvalue weighted by Crippen LogP contribution is 2.21. The van der Waals surface area contributed by atoms with E-state index in [1.165, 1.54) is 19.2 Å². The molecule has 0 aliphatic rings. The Labute approximate surface area is 124 Å². The molecule has 0 aliphatic carbocycles. The molecule has 0 spiro atoms. The molecule has 0 saturated heterocycles. The molecule has 5 nitrogen and oxygen atoms in total. The van der Waals surface area contributed by atoms with Crippen molar-refractivity contribution in [1.29, 1.82) is 0 Å². The van der Waals surface area contributed by atoms with Gasteiger partial charge in [0.2, 0.25) is 0 Å². The highest BCUT2D eigenvalue weighted by molar-refractivity contribution is 7.92. The number of nitrogens with one attached hydrogen (secondary N) is 1. The minimum atomic E-state index is -3.64. The Bertz CT molecular complexity index is 696. The fourth-order valence-electron chi connectivity index (χ4n) is 1.77. The highest BCUT2D eigenvalue weighted by atomic mass is 32.2. The lowest BCUT2D eigenvalue weighted by Crippen LogP contribution is -2.12. The molecule has 0 heterocycles. The molecule has 2 rings (SSSR count). The lowest BCUT2D eigenvalue weighted by atomic mass is 10.3. The lowest BCUT2D eigenvalue weighted by Gasteiger charge is -2.10. The van der Waals surface area contributed by atoms with Crippen LogP contribution in [-0.2, 0) is 10.0 Å². The van der Waals surface area contributed by atoms with Gasteiger partial charge in [-0.3, -0.25) is 4.72 Å². The number of rotatable bonds is 6. The standard InChI is InChI=1S/C15H17NO4S/c1-3-20-13-9-7-12(8-10-13)16-21(17,18)15-6-4-5-14(11-15)19-2/h4-11,16H,3H2,1-2H3. The summed E-state index contributed by atoms with van der Waals surface area (Å²) >= 11 is 0. The predicted octanol–water partition coefficient (Wildman–Crippen LogP) is 2.89. The first-order valence-electron chi connectivity index (χ1n) is 6.45. The van der Waals surface area contributed by atoms with Gasteiger partial charge in [0.05, 0.1) is 18.6 Å². The van der Waals surface area contributed by atoms with Crippen molar-refractivity contribution < 1.29 is 17.9 Å². The number of hydrogen-bond acceptors (Lipinski definition) is 4. The van der Waals surface area contributed by atoms with Gasteiger partial charge in [-0.05, 0) is 43.3 Å². The summed E-state index contributed by atoms with van der Waals surface area (Å²) in [5, 5.41) is 0. The molecule has 0 saturated carbocycles. The van der Waals surface area contributed by atoms with Crippen molar-refractivity contribution >= 4 is 15.7 Å². The summed E-state index contributed by atoms with van der Waals surface area (Å²) in [5.41, 5.74) is 0.473. The van der Waals surface area contributed by atoms with Crippen molar-refractivity contribution in [3.05, 3.63) is 48.5 Å². The van der Waals surface area contributed by atoms with Crippen LogP contribution < -0.4 is 14.2 Å². The zero-order chi connectivity index (χ0) is 15.3. The normalized spacial score (nSPS) is 11.0. The molecule has 1 N–H and O–H groups in total. The minimum absolute atomic E-state index is 0.149. The fraction of sp³-hybridized carbons (Fsp3) is 0.200. The second kappa shape index (κ2) is 6.49. The molecule has 2 aromatic rings. The second-order valence-corrected chi connectivity index (χ2v) is 5.92. The third-order valence-corrected chi connectivity index (χ3v) is 4.15. The molecular formula is C15H17NO4S. The number of hydrogen-bond donors (Lipinski definition) is 1. The summed E-state index contributed by atoms with van der Waals surface area (Å²) in [6, 6.07) is 13.0. The largest absolute Gasteiger partial charge is 0.497 e. The van der Waals surface area contributed by atoms with Crippen LogP contribution in [-0.4, -0.2) is 22.1 Å². The Morgan fingerprint density at radius 1 is 1.05 bits per heavy atom. The van der Waals surface area contributed by atoms with Crippen LogP contribution in [0.2, 0.25) is 0 Å². The van der Waals surface area contributed by atoms with Gasteiger partial charge >= 0.3 is 0 Å². The van der Waals surface area contributed by atoms with E-state index in [4.69, 9.17) is 9.47 Å². The Morgan fingerprint density at radius 2 is 1.76 bits per heavy atom. The molecule has 2 aromatic carbocycles. The predicted molar refractivity (Wildman–Crippen MR) is 81.4 cm³/mol. The van der Waals surface area contributed by atoms with E-state index in [-0.39, 0.29) is 4.90 Å². The zero-order valence-electron chi connectivity index (χ0n) is 11.9. The zero-order valence-corrected chi connectivity index (χ0v) is 12.7. The smallest absolute Gasteiger partial charge is 0.262 e. The number of methoxy groups -OCH3 is 1. The Morgan fingerprint density at radius 3 is 2.38 bits per heavy atom. The van der Waals surface area contributed by atoms with Crippen molar-refractivity contribution in [3.8, 4) is 11.5 Å². The third-order valence-electron chi connectivity index (χ3n) is 2.77. The molecule has 112 valence electrons. The third kappa shape index (κ3) is 3.88. The number of benzene rings is 2. The summed E-state index contributed by atoms with van der Waals surface area (Å²) in [5.74, 6) is 1.19. The van der Waals surface area contributed by atoms with E-state index < -0.39 is 10.0 Å². The molecule has 0 bridgehead atoms. The van der Waals surface area contributed by atoms with E-state index in [0.717, 1.165) is 0 Å². The van der Waals surface area contributed by atoms with Gasteiger partial charge in [-0.25, -0.2) is 8.42 Å². The van der Waals surface area contributed by atoms with Crippen molar-refractivity contribution in [1.82, 2.24) is 0 Å². The molecule has 0 fully saturated rings. The number of sulfonamides is 1. The van der Waals surface area contributed by atoms with Gasteiger partial charge in [-0.15, -0.1) is 0 Å². The van der Waals surface area contributed by atoms with Gasteiger partial charge in [-0.1, -0.05) is 6.07 Å². The topological polar surface area (TPSA) is 64.6 Å². The van der Waals surface area contributed by atoms with Crippen LogP contribution in [0.5, 0.6) is 11.5 Å². The molecule has 0 unspecified atom stereocenters. The van der Waals surface area contributed by atoms with Crippen molar-refractivity contribution in [2.75, 3.05) is 18.4 Å². The number of ether oxygens (including phenoxy) is 2. The SMILES string of the molecule is CCOc1ccc(NS(=O)(=O)c2cccc(OC)c2)cc1. The van der Waals surface area contributed by atoms with E-state index >= 15 is 0 Å². The van der Waals surface area contributed by atoms with Gasteiger partial charge in [0.15, 0.2) is 0 Å². The summed E-state index contributed by atoms with van der Waals surface area (Å²) in [6.45, 7) is 2.45. The molecular weight excluding hydrogens is 290 g/mol. The van der Waals surface area contributed by atoms with Crippen LogP contribution in [0.25, 0.3) is 0 Å². The number of anilines is 1. The van der Waals surface area contributed by atoms with Gasteiger partial charge in [-0.2, -0.15) is 0 Å². The average Bonchev–Trinajstić information content (AvgIpc) is 2.49. The van der Waals surface area contributed by atoms with Gasteiger partial charge in [0, 0.05) is 11.8 Å². The van der Waals surface area contributed by atoms with Crippen molar-refractivity contribution in [2.24, 2.45) is 0 Å². The summed E-state index contributed by atoms with van der Waals surface area (Å²) in [7, 11) is -2.15. The average molecular weight is 307 g/mol. The van der Waals surface area contributed by atoms with Crippen molar-refractivity contribution in [3.63, 3.8) is 0 Å². The van der Waals surface area contributed by atoms with Crippen LogP contribution in [0.1, 0.15) is 6.92 Å². The molecule has 21 heavy (non-hydrogen) atoms. The molecule has 6 heteroatoms. The fourth-order valence-corrected chi connectivity index (χ4v) is 2.86. The Kier molecular flexibility index (Phi) is 4.70. The van der Waals surface area contributed by atoms with E-state index in [1.54, 1.807) is 36.4 Å². The van der Waals surface area contributed by atoms with Crippen LogP contribution in [0.15, 0.2) is 53.4 Å². The van der Waals surface area contributed by atoms with Crippen molar-refractivity contribution in [2.45, 2.75) is 11.8 Å². The summed E-state index contributed by atoms with van der Waals surface area (Å²) in [6.07, 6.45) is 0. The minimum Gasteiger partial charge on any atom is -0.497 e. The first-order chi connectivity index (χ1) is 10.0. The highest BCUT2D eigenvalue weighted by Gasteiger charge is 2.14.